The highest BCUT2D eigenvalue weighted by atomic mass is 35.5. The molecule has 0 saturated carbocycles. The summed E-state index contributed by atoms with van der Waals surface area (Å²) in [4.78, 5) is 28.6. The van der Waals surface area contributed by atoms with Crippen molar-refractivity contribution in [1.29, 1.82) is 0 Å². The number of nitrogens with zero attached hydrogens (tertiary/aromatic N) is 5. The van der Waals surface area contributed by atoms with Crippen molar-refractivity contribution < 1.29 is 9.59 Å². The number of hydrogen-bond donors (Lipinski definition) is 1. The van der Waals surface area contributed by atoms with E-state index in [1.807, 2.05) is 37.9 Å². The second-order valence-electron chi connectivity index (χ2n) is 9.48. The molecule has 2 atom stereocenters. The highest BCUT2D eigenvalue weighted by molar-refractivity contribution is 6.34. The number of carbonyl (C=O) groups excluding carboxylic acids is 2. The molecule has 10 heteroatoms. The van der Waals surface area contributed by atoms with Crippen molar-refractivity contribution in [2.24, 2.45) is 7.05 Å². The van der Waals surface area contributed by atoms with Gasteiger partial charge in [0.2, 0.25) is 0 Å². The number of hydrogen-bond acceptors (Lipinski definition) is 5. The van der Waals surface area contributed by atoms with E-state index in [4.69, 9.17) is 23.2 Å². The van der Waals surface area contributed by atoms with Gasteiger partial charge in [-0.15, -0.1) is 5.10 Å². The summed E-state index contributed by atoms with van der Waals surface area (Å²) in [5.41, 5.74) is 3.95. The molecule has 0 fully saturated rings. The maximum Gasteiger partial charge on any atom is 0.258 e. The van der Waals surface area contributed by atoms with E-state index >= 15 is 0 Å². The quantitative estimate of drug-likeness (QED) is 0.335. The number of amides is 2. The molecule has 5 rings (SSSR count). The first-order valence-corrected chi connectivity index (χ1v) is 13.0. The maximum absolute atomic E-state index is 14.0. The van der Waals surface area contributed by atoms with Crippen molar-refractivity contribution in [3.05, 3.63) is 98.8 Å². The Labute approximate surface area is 230 Å². The third-order valence-electron chi connectivity index (χ3n) is 6.95. The molecule has 3 aromatic carbocycles. The zero-order valence-electron chi connectivity index (χ0n) is 21.2. The molecular weight excluding hydrogens is 523 g/mol. The molecule has 2 heterocycles. The van der Waals surface area contributed by atoms with Crippen molar-refractivity contribution in [3.63, 3.8) is 0 Å². The van der Waals surface area contributed by atoms with Gasteiger partial charge in [0.05, 0.1) is 10.6 Å². The van der Waals surface area contributed by atoms with Crippen molar-refractivity contribution in [2.75, 3.05) is 10.2 Å². The van der Waals surface area contributed by atoms with Crippen LogP contribution in [0.1, 0.15) is 63.4 Å². The fourth-order valence-electron chi connectivity index (χ4n) is 5.02. The summed E-state index contributed by atoms with van der Waals surface area (Å²) in [5.74, 6) is 0.182. The Balaban J connectivity index is 1.47. The van der Waals surface area contributed by atoms with Crippen LogP contribution in [0.25, 0.3) is 0 Å². The van der Waals surface area contributed by atoms with Crippen LogP contribution >= 0.6 is 23.2 Å². The highest BCUT2D eigenvalue weighted by Gasteiger charge is 2.34. The number of fused-ring (bicyclic) bond motifs is 1. The molecule has 1 aliphatic rings. The van der Waals surface area contributed by atoms with Crippen LogP contribution in [0.4, 0.5) is 11.4 Å². The molecule has 1 aliphatic heterocycles. The lowest BCUT2D eigenvalue weighted by molar-refractivity contribution is 0.0976. The number of carbonyl (C=O) groups is 2. The molecule has 2 amide bonds. The monoisotopic (exact) mass is 548 g/mol. The zero-order chi connectivity index (χ0) is 27.0. The molecule has 0 aliphatic carbocycles. The number of anilines is 2. The topological polar surface area (TPSA) is 93.0 Å². The lowest BCUT2D eigenvalue weighted by atomic mass is 9.92. The lowest BCUT2D eigenvalue weighted by Gasteiger charge is -2.30. The Morgan fingerprint density at radius 2 is 1.79 bits per heavy atom. The Bertz CT molecular complexity index is 1540. The van der Waals surface area contributed by atoms with Crippen LogP contribution in [-0.2, 0) is 7.05 Å². The van der Waals surface area contributed by atoms with E-state index in [0.717, 1.165) is 35.5 Å². The zero-order valence-corrected chi connectivity index (χ0v) is 22.7. The number of nitrogens with one attached hydrogen (secondary N) is 1. The van der Waals surface area contributed by atoms with Crippen LogP contribution in [0, 0.1) is 6.92 Å². The van der Waals surface area contributed by atoms with E-state index in [0.29, 0.717) is 26.9 Å². The molecule has 1 N–H and O–H groups in total. The van der Waals surface area contributed by atoms with Gasteiger partial charge in [0.25, 0.3) is 11.8 Å². The average Bonchev–Trinajstić information content (AvgIpc) is 3.25. The molecule has 194 valence electrons. The first-order valence-electron chi connectivity index (χ1n) is 12.3. The van der Waals surface area contributed by atoms with Gasteiger partial charge in [-0.1, -0.05) is 35.3 Å². The fourth-order valence-corrected chi connectivity index (χ4v) is 5.42. The van der Waals surface area contributed by atoms with Crippen molar-refractivity contribution in [2.45, 2.75) is 38.6 Å². The second kappa shape index (κ2) is 10.6. The van der Waals surface area contributed by atoms with E-state index in [1.165, 1.54) is 0 Å². The Morgan fingerprint density at radius 3 is 2.50 bits per heavy atom. The minimum Gasteiger partial charge on any atom is -0.322 e. The number of rotatable bonds is 4. The average molecular weight is 549 g/mol. The minimum absolute atomic E-state index is 0.0763. The van der Waals surface area contributed by atoms with Gasteiger partial charge in [-0.3, -0.25) is 9.59 Å². The number of aromatic nitrogens is 4. The van der Waals surface area contributed by atoms with Crippen LogP contribution in [0.5, 0.6) is 0 Å². The van der Waals surface area contributed by atoms with Crippen LogP contribution in [0.3, 0.4) is 0 Å². The van der Waals surface area contributed by atoms with Gasteiger partial charge in [0, 0.05) is 41.0 Å². The molecule has 2 unspecified atom stereocenters. The van der Waals surface area contributed by atoms with Crippen LogP contribution < -0.4 is 10.2 Å². The van der Waals surface area contributed by atoms with E-state index in [-0.39, 0.29) is 23.8 Å². The van der Waals surface area contributed by atoms with Gasteiger partial charge in [0.15, 0.2) is 5.82 Å². The summed E-state index contributed by atoms with van der Waals surface area (Å²) in [6, 6.07) is 17.6. The van der Waals surface area contributed by atoms with Crippen molar-refractivity contribution in [1.82, 2.24) is 20.2 Å². The number of benzene rings is 3. The van der Waals surface area contributed by atoms with Crippen LogP contribution in [0.2, 0.25) is 10.0 Å². The molecule has 0 spiro atoms. The van der Waals surface area contributed by atoms with Crippen molar-refractivity contribution in [3.8, 4) is 0 Å². The Kier molecular flexibility index (Phi) is 7.19. The summed E-state index contributed by atoms with van der Waals surface area (Å²) < 4.78 is 1.66. The Morgan fingerprint density at radius 1 is 1.00 bits per heavy atom. The van der Waals surface area contributed by atoms with E-state index in [9.17, 15) is 9.59 Å². The normalized spacial score (nSPS) is 17.0. The predicted molar refractivity (Wildman–Crippen MR) is 148 cm³/mol. The summed E-state index contributed by atoms with van der Waals surface area (Å²) >= 11 is 12.6. The second-order valence-corrected chi connectivity index (χ2v) is 10.3. The molecule has 0 saturated heterocycles. The first-order chi connectivity index (χ1) is 18.2. The summed E-state index contributed by atoms with van der Waals surface area (Å²) in [7, 11) is 1.81. The van der Waals surface area contributed by atoms with Gasteiger partial charge < -0.3 is 10.2 Å². The van der Waals surface area contributed by atoms with Crippen LogP contribution in [0.15, 0.2) is 60.7 Å². The van der Waals surface area contributed by atoms with Gasteiger partial charge in [-0.25, -0.2) is 4.68 Å². The van der Waals surface area contributed by atoms with Crippen molar-refractivity contribution >= 4 is 46.4 Å². The maximum atomic E-state index is 14.0. The van der Waals surface area contributed by atoms with Gasteiger partial charge in [-0.05, 0) is 96.8 Å². The predicted octanol–water partition coefficient (Wildman–Crippen LogP) is 6.04. The Hall–Kier alpha value is -3.75. The molecule has 8 nitrogen and oxygen atoms in total. The van der Waals surface area contributed by atoms with E-state index < -0.39 is 0 Å². The number of aryl methyl sites for hydroxylation is 2. The van der Waals surface area contributed by atoms with E-state index in [2.05, 4.69) is 20.8 Å². The third kappa shape index (κ3) is 4.89. The lowest BCUT2D eigenvalue weighted by Crippen LogP contribution is -2.38. The summed E-state index contributed by atoms with van der Waals surface area (Å²) in [6.07, 6.45) is 1.51. The highest BCUT2D eigenvalue weighted by Crippen LogP contribution is 2.41. The van der Waals surface area contributed by atoms with Crippen LogP contribution in [-0.4, -0.2) is 38.1 Å². The molecule has 1 aromatic heterocycles. The SMILES string of the molecule is Cc1cc(NC(=O)c2ccccc2Cl)ccc1C(=O)N1c2ccc(Cl)cc2C(c2nnnn2C)CCC1C. The fraction of sp³-hybridized carbons (Fsp3) is 0.250. The molecular formula is C28H26Cl2N6O2. The molecule has 0 radical (unpaired) electrons. The standard InChI is InChI=1S/C28H26Cl2N6O2/c1-16-14-19(31-27(37)22-6-4-5-7-24(22)30)10-12-20(16)28(38)36-17(2)8-11-21(26-32-33-34-35(26)3)23-15-18(29)9-13-25(23)36/h4-7,9-10,12-15,17,21H,8,11H2,1-3H3,(H,31,37). The van der Waals surface area contributed by atoms with Gasteiger partial charge in [0.1, 0.15) is 0 Å². The summed E-state index contributed by atoms with van der Waals surface area (Å²) in [6.45, 7) is 3.90. The summed E-state index contributed by atoms with van der Waals surface area (Å²) in [5, 5.41) is 15.9. The smallest absolute Gasteiger partial charge is 0.258 e. The largest absolute Gasteiger partial charge is 0.322 e. The molecule has 0 bridgehead atoms. The third-order valence-corrected chi connectivity index (χ3v) is 7.52. The van der Waals surface area contributed by atoms with Gasteiger partial charge >= 0.3 is 0 Å². The minimum atomic E-state index is -0.315. The molecule has 4 aromatic rings. The number of halogens is 2. The van der Waals surface area contributed by atoms with Gasteiger partial charge in [-0.2, -0.15) is 0 Å². The van der Waals surface area contributed by atoms with E-state index in [1.54, 1.807) is 53.2 Å². The number of tetrazole rings is 1. The first kappa shape index (κ1) is 25.9. The molecule has 38 heavy (non-hydrogen) atoms.